The number of nitrogens with zero attached hydrogens (tertiary/aromatic N) is 2. The third kappa shape index (κ3) is 2.73. The first kappa shape index (κ1) is 16.3. The number of aliphatic hydroxyl groups excluding tert-OH is 2. The van der Waals surface area contributed by atoms with E-state index in [0.29, 0.717) is 17.0 Å². The summed E-state index contributed by atoms with van der Waals surface area (Å²) < 4.78 is 0. The summed E-state index contributed by atoms with van der Waals surface area (Å²) in [5.74, 6) is 0.000786. The van der Waals surface area contributed by atoms with Gasteiger partial charge in [0.15, 0.2) is 5.88 Å². The van der Waals surface area contributed by atoms with E-state index in [-0.39, 0.29) is 12.5 Å². The van der Waals surface area contributed by atoms with E-state index in [2.05, 4.69) is 15.1 Å². The van der Waals surface area contributed by atoms with Gasteiger partial charge in [-0.05, 0) is 12.1 Å². The number of rotatable bonds is 5. The SMILES string of the molecule is OCC(O)CO/N=C1/C(c2c(O)[nH]c3ccccc23)=Nc2ccccc21. The first-order valence-electron chi connectivity index (χ1n) is 8.16. The Bertz CT molecular complexity index is 1020. The summed E-state index contributed by atoms with van der Waals surface area (Å²) in [6.07, 6.45) is -1.02. The topological polar surface area (TPSA) is 110 Å². The minimum absolute atomic E-state index is 0.000786. The minimum atomic E-state index is -1.02. The summed E-state index contributed by atoms with van der Waals surface area (Å²) in [6.45, 7) is -0.555. The quantitative estimate of drug-likeness (QED) is 0.528. The second-order valence-electron chi connectivity index (χ2n) is 5.94. The van der Waals surface area contributed by atoms with Gasteiger partial charge in [-0.25, -0.2) is 4.99 Å². The number of benzene rings is 2. The molecule has 7 heteroatoms. The highest BCUT2D eigenvalue weighted by Gasteiger charge is 2.29. The molecule has 2 heterocycles. The average Bonchev–Trinajstić information content (AvgIpc) is 3.18. The van der Waals surface area contributed by atoms with Gasteiger partial charge in [0.2, 0.25) is 0 Å². The third-order valence-electron chi connectivity index (χ3n) is 4.17. The monoisotopic (exact) mass is 351 g/mol. The van der Waals surface area contributed by atoms with Crippen LogP contribution < -0.4 is 0 Å². The fourth-order valence-corrected chi connectivity index (χ4v) is 2.95. The Morgan fingerprint density at radius 3 is 2.73 bits per heavy atom. The number of H-pyrrole nitrogens is 1. The molecular weight excluding hydrogens is 334 g/mol. The number of nitrogens with one attached hydrogen (secondary N) is 1. The highest BCUT2D eigenvalue weighted by atomic mass is 16.6. The number of para-hydroxylation sites is 2. The number of aliphatic imine (C=N–C) groups is 1. The van der Waals surface area contributed by atoms with Crippen LogP contribution in [0.25, 0.3) is 10.9 Å². The van der Waals surface area contributed by atoms with Gasteiger partial charge in [-0.15, -0.1) is 0 Å². The number of aromatic amines is 1. The Balaban J connectivity index is 1.81. The molecule has 0 saturated heterocycles. The molecule has 7 nitrogen and oxygen atoms in total. The maximum atomic E-state index is 10.4. The number of hydrogen-bond acceptors (Lipinski definition) is 6. The summed E-state index contributed by atoms with van der Waals surface area (Å²) in [4.78, 5) is 12.8. The van der Waals surface area contributed by atoms with Gasteiger partial charge in [-0.2, -0.15) is 0 Å². The van der Waals surface area contributed by atoms with E-state index in [9.17, 15) is 10.2 Å². The largest absolute Gasteiger partial charge is 0.494 e. The summed E-state index contributed by atoms with van der Waals surface area (Å²) in [5, 5.41) is 33.7. The van der Waals surface area contributed by atoms with Crippen molar-refractivity contribution in [3.05, 3.63) is 59.7 Å². The smallest absolute Gasteiger partial charge is 0.199 e. The Labute approximate surface area is 148 Å². The van der Waals surface area contributed by atoms with Crippen LogP contribution >= 0.6 is 0 Å². The zero-order chi connectivity index (χ0) is 18.1. The van der Waals surface area contributed by atoms with Crippen molar-refractivity contribution in [1.29, 1.82) is 0 Å². The van der Waals surface area contributed by atoms with E-state index < -0.39 is 12.7 Å². The van der Waals surface area contributed by atoms with Gasteiger partial charge in [0.25, 0.3) is 0 Å². The van der Waals surface area contributed by atoms with Crippen LogP contribution in [-0.4, -0.2) is 51.0 Å². The molecule has 2 aromatic carbocycles. The summed E-state index contributed by atoms with van der Waals surface area (Å²) in [6, 6.07) is 15.0. The van der Waals surface area contributed by atoms with Crippen LogP contribution in [-0.2, 0) is 4.84 Å². The number of aliphatic hydroxyl groups is 2. The van der Waals surface area contributed by atoms with Crippen molar-refractivity contribution >= 4 is 28.0 Å². The van der Waals surface area contributed by atoms with Crippen LogP contribution in [0.4, 0.5) is 5.69 Å². The molecule has 1 aliphatic rings. The lowest BCUT2D eigenvalue weighted by molar-refractivity contribution is 0.00858. The Kier molecular flexibility index (Phi) is 4.16. The molecule has 3 aromatic rings. The van der Waals surface area contributed by atoms with Gasteiger partial charge >= 0.3 is 0 Å². The number of hydrogen-bond donors (Lipinski definition) is 4. The molecule has 26 heavy (non-hydrogen) atoms. The Hall–Kier alpha value is -3.16. The molecule has 132 valence electrons. The van der Waals surface area contributed by atoms with Gasteiger partial charge in [0, 0.05) is 16.5 Å². The van der Waals surface area contributed by atoms with Crippen LogP contribution in [0.1, 0.15) is 11.1 Å². The number of aromatic hydroxyl groups is 1. The number of fused-ring (bicyclic) bond motifs is 2. The first-order valence-corrected chi connectivity index (χ1v) is 8.16. The van der Waals surface area contributed by atoms with E-state index in [1.54, 1.807) is 0 Å². The second kappa shape index (κ2) is 6.62. The van der Waals surface area contributed by atoms with E-state index >= 15 is 0 Å². The molecule has 0 fully saturated rings. The molecule has 1 aliphatic heterocycles. The van der Waals surface area contributed by atoms with Crippen LogP contribution in [0, 0.1) is 0 Å². The van der Waals surface area contributed by atoms with E-state index in [0.717, 1.165) is 22.2 Å². The molecule has 4 N–H and O–H groups in total. The summed E-state index contributed by atoms with van der Waals surface area (Å²) in [5.41, 5.74) is 3.77. The summed E-state index contributed by atoms with van der Waals surface area (Å²) >= 11 is 0. The number of aromatic nitrogens is 1. The maximum Gasteiger partial charge on any atom is 0.199 e. The minimum Gasteiger partial charge on any atom is -0.494 e. The lowest BCUT2D eigenvalue weighted by Gasteiger charge is -2.07. The molecule has 4 rings (SSSR count). The molecule has 0 bridgehead atoms. The van der Waals surface area contributed by atoms with Gasteiger partial charge < -0.3 is 25.1 Å². The van der Waals surface area contributed by atoms with E-state index in [1.165, 1.54) is 0 Å². The van der Waals surface area contributed by atoms with Gasteiger partial charge in [-0.3, -0.25) is 0 Å². The standard InChI is InChI=1S/C19H17N3O4/c23-9-11(24)10-26-22-17-13-6-2-4-8-15(13)20-18(17)16-12-5-1-3-7-14(12)21-19(16)25/h1-8,11,21,23-25H,9-10H2/b22-17+. The average molecular weight is 351 g/mol. The van der Waals surface area contributed by atoms with Gasteiger partial charge in [0.05, 0.1) is 17.9 Å². The van der Waals surface area contributed by atoms with Crippen LogP contribution in [0.5, 0.6) is 5.88 Å². The Morgan fingerprint density at radius 1 is 1.12 bits per heavy atom. The van der Waals surface area contributed by atoms with Gasteiger partial charge in [-0.1, -0.05) is 41.6 Å². The lowest BCUT2D eigenvalue weighted by Crippen LogP contribution is -2.19. The van der Waals surface area contributed by atoms with E-state index in [4.69, 9.17) is 9.94 Å². The maximum absolute atomic E-state index is 10.4. The summed E-state index contributed by atoms with van der Waals surface area (Å²) in [7, 11) is 0. The zero-order valence-corrected chi connectivity index (χ0v) is 13.8. The second-order valence-corrected chi connectivity index (χ2v) is 5.94. The fourth-order valence-electron chi connectivity index (χ4n) is 2.95. The molecule has 0 saturated carbocycles. The molecule has 0 spiro atoms. The van der Waals surface area contributed by atoms with Crippen molar-refractivity contribution in [3.63, 3.8) is 0 Å². The third-order valence-corrected chi connectivity index (χ3v) is 4.17. The van der Waals surface area contributed by atoms with Crippen molar-refractivity contribution in [2.45, 2.75) is 6.10 Å². The fraction of sp³-hybridized carbons (Fsp3) is 0.158. The molecule has 0 radical (unpaired) electrons. The van der Waals surface area contributed by atoms with Crippen LogP contribution in [0.3, 0.4) is 0 Å². The van der Waals surface area contributed by atoms with Crippen molar-refractivity contribution < 1.29 is 20.2 Å². The highest BCUT2D eigenvalue weighted by Crippen LogP contribution is 2.35. The van der Waals surface area contributed by atoms with Crippen molar-refractivity contribution in [2.24, 2.45) is 10.1 Å². The molecule has 1 aromatic heterocycles. The molecule has 0 amide bonds. The lowest BCUT2D eigenvalue weighted by atomic mass is 10.0. The van der Waals surface area contributed by atoms with Crippen LogP contribution in [0.2, 0.25) is 0 Å². The van der Waals surface area contributed by atoms with Crippen molar-refractivity contribution in [3.8, 4) is 5.88 Å². The normalized spacial score (nSPS) is 15.9. The van der Waals surface area contributed by atoms with Crippen molar-refractivity contribution in [1.82, 2.24) is 4.98 Å². The van der Waals surface area contributed by atoms with Crippen LogP contribution in [0.15, 0.2) is 58.7 Å². The molecule has 1 atom stereocenters. The highest BCUT2D eigenvalue weighted by molar-refractivity contribution is 6.58. The predicted molar refractivity (Wildman–Crippen MR) is 98.2 cm³/mol. The van der Waals surface area contributed by atoms with Crippen molar-refractivity contribution in [2.75, 3.05) is 13.2 Å². The first-order chi connectivity index (χ1) is 12.7. The Morgan fingerprint density at radius 2 is 1.88 bits per heavy atom. The van der Waals surface area contributed by atoms with E-state index in [1.807, 2.05) is 48.5 Å². The molecular formula is C19H17N3O4. The zero-order valence-electron chi connectivity index (χ0n) is 13.8. The molecule has 1 unspecified atom stereocenters. The number of oxime groups is 1. The molecule has 0 aliphatic carbocycles. The predicted octanol–water partition coefficient (Wildman–Crippen LogP) is 2.08. The van der Waals surface area contributed by atoms with Gasteiger partial charge in [0.1, 0.15) is 24.1 Å².